The summed E-state index contributed by atoms with van der Waals surface area (Å²) in [5, 5.41) is 11.1. The summed E-state index contributed by atoms with van der Waals surface area (Å²) in [5.74, 6) is 1.47. The number of amides is 1. The van der Waals surface area contributed by atoms with Gasteiger partial charge in [-0.15, -0.1) is 11.3 Å². The fraction of sp³-hybridized carbons (Fsp3) is 0.650. The minimum atomic E-state index is 0.00357. The third kappa shape index (κ3) is 4.96. The molecule has 148 valence electrons. The molecule has 1 saturated heterocycles. The number of hydrogen-bond acceptors (Lipinski definition) is 6. The van der Waals surface area contributed by atoms with Crippen LogP contribution in [0.3, 0.4) is 0 Å². The van der Waals surface area contributed by atoms with Crippen LogP contribution in [-0.2, 0) is 11.2 Å². The zero-order valence-electron chi connectivity index (χ0n) is 17.2. The second-order valence-electron chi connectivity index (χ2n) is 8.82. The number of nitrogens with one attached hydrogen (secondary N) is 3. The Hall–Kier alpha value is -1.73. The quantitative estimate of drug-likeness (QED) is 0.730. The molecule has 1 fully saturated rings. The highest BCUT2D eigenvalue weighted by atomic mass is 32.1. The maximum absolute atomic E-state index is 12.6. The lowest BCUT2D eigenvalue weighted by molar-refractivity contribution is -0.120. The molecule has 2 aromatic heterocycles. The number of fused-ring (bicyclic) bond motifs is 1. The van der Waals surface area contributed by atoms with Crippen LogP contribution in [0.15, 0.2) is 6.07 Å². The lowest BCUT2D eigenvalue weighted by Crippen LogP contribution is -2.62. The van der Waals surface area contributed by atoms with E-state index in [2.05, 4.69) is 66.6 Å². The first-order chi connectivity index (χ1) is 12.6. The van der Waals surface area contributed by atoms with E-state index >= 15 is 0 Å². The van der Waals surface area contributed by atoms with Crippen molar-refractivity contribution in [1.82, 2.24) is 20.6 Å². The maximum atomic E-state index is 12.6. The van der Waals surface area contributed by atoms with Crippen molar-refractivity contribution < 1.29 is 4.79 Å². The Morgan fingerprint density at radius 1 is 1.26 bits per heavy atom. The lowest BCUT2D eigenvalue weighted by Gasteiger charge is -2.46. The predicted molar refractivity (Wildman–Crippen MR) is 112 cm³/mol. The van der Waals surface area contributed by atoms with E-state index in [1.165, 1.54) is 4.88 Å². The van der Waals surface area contributed by atoms with Crippen LogP contribution in [0.2, 0.25) is 0 Å². The molecule has 3 rings (SSSR count). The first kappa shape index (κ1) is 20.0. The Morgan fingerprint density at radius 2 is 1.93 bits per heavy atom. The Bertz CT molecular complexity index is 826. The number of carbonyl (C=O) groups is 1. The van der Waals surface area contributed by atoms with Crippen molar-refractivity contribution in [3.63, 3.8) is 0 Å². The summed E-state index contributed by atoms with van der Waals surface area (Å²) in [6.07, 6.45) is 2.81. The number of thiophene rings is 1. The molecule has 6 nitrogen and oxygen atoms in total. The number of carbonyl (C=O) groups excluding carboxylic acids is 1. The molecule has 3 N–H and O–H groups in total. The Morgan fingerprint density at radius 3 is 2.56 bits per heavy atom. The normalized spacial score (nSPS) is 19.2. The van der Waals surface area contributed by atoms with Gasteiger partial charge in [-0.25, -0.2) is 9.97 Å². The minimum absolute atomic E-state index is 0.00357. The molecule has 0 radical (unpaired) electrons. The van der Waals surface area contributed by atoms with Crippen molar-refractivity contribution in [3.05, 3.63) is 16.8 Å². The van der Waals surface area contributed by atoms with Gasteiger partial charge in [0.25, 0.3) is 0 Å². The van der Waals surface area contributed by atoms with Crippen molar-refractivity contribution >= 4 is 33.3 Å². The minimum Gasteiger partial charge on any atom is -0.360 e. The van der Waals surface area contributed by atoms with Crippen LogP contribution >= 0.6 is 11.3 Å². The zero-order chi connectivity index (χ0) is 19.8. The number of anilines is 1. The van der Waals surface area contributed by atoms with Gasteiger partial charge in [-0.1, -0.05) is 6.92 Å². The molecule has 0 bridgehead atoms. The molecule has 1 amide bonds. The zero-order valence-corrected chi connectivity index (χ0v) is 18.0. The van der Waals surface area contributed by atoms with Crippen molar-refractivity contribution in [3.8, 4) is 0 Å². The molecule has 0 saturated carbocycles. The topological polar surface area (TPSA) is 78.9 Å². The third-order valence-corrected chi connectivity index (χ3v) is 6.05. The molecule has 1 aliphatic rings. The van der Waals surface area contributed by atoms with Crippen LogP contribution in [-0.4, -0.2) is 39.5 Å². The Labute approximate surface area is 165 Å². The van der Waals surface area contributed by atoms with Crippen LogP contribution in [0.5, 0.6) is 0 Å². The highest BCUT2D eigenvalue weighted by Gasteiger charge is 2.38. The van der Waals surface area contributed by atoms with Crippen LogP contribution in [0, 0.1) is 6.92 Å². The molecule has 0 spiro atoms. The fourth-order valence-corrected chi connectivity index (χ4v) is 5.27. The van der Waals surface area contributed by atoms with E-state index in [9.17, 15) is 4.79 Å². The largest absolute Gasteiger partial charge is 0.360 e. The predicted octanol–water partition coefficient (Wildman–Crippen LogP) is 3.40. The number of aromatic nitrogens is 2. The summed E-state index contributed by atoms with van der Waals surface area (Å²) in [4.78, 5) is 23.8. The van der Waals surface area contributed by atoms with Gasteiger partial charge in [0.2, 0.25) is 5.91 Å². The monoisotopic (exact) mass is 389 g/mol. The molecule has 3 heterocycles. The van der Waals surface area contributed by atoms with Crippen molar-refractivity contribution in [1.29, 1.82) is 0 Å². The third-order valence-electron chi connectivity index (χ3n) is 4.88. The first-order valence-electron chi connectivity index (χ1n) is 9.66. The molecule has 1 aliphatic heterocycles. The molecule has 0 unspecified atom stereocenters. The fourth-order valence-electron chi connectivity index (χ4n) is 4.25. The van der Waals surface area contributed by atoms with Gasteiger partial charge in [0, 0.05) is 22.0 Å². The van der Waals surface area contributed by atoms with E-state index < -0.39 is 0 Å². The summed E-state index contributed by atoms with van der Waals surface area (Å²) in [5.41, 5.74) is 0.0204. The van der Waals surface area contributed by atoms with Gasteiger partial charge in [0.05, 0.1) is 11.9 Å². The van der Waals surface area contributed by atoms with Gasteiger partial charge in [-0.05, 0) is 59.9 Å². The van der Waals surface area contributed by atoms with Gasteiger partial charge in [-0.3, -0.25) is 4.79 Å². The number of rotatable bonds is 5. The van der Waals surface area contributed by atoms with E-state index in [4.69, 9.17) is 0 Å². The molecule has 7 heteroatoms. The Kier molecular flexibility index (Phi) is 5.45. The summed E-state index contributed by atoms with van der Waals surface area (Å²) < 4.78 is 0. The van der Waals surface area contributed by atoms with Crippen molar-refractivity contribution in [2.24, 2.45) is 0 Å². The summed E-state index contributed by atoms with van der Waals surface area (Å²) in [7, 11) is 0. The lowest BCUT2D eigenvalue weighted by atomic mass is 9.79. The summed E-state index contributed by atoms with van der Waals surface area (Å²) >= 11 is 1.69. The molecular formula is C20H31N5OS. The SMILES string of the molecule is CCc1cc2c(NCC(=O)NC3CC(C)(C)NC(C)(C)C3)nc(C)nc2s1. The molecule has 0 aliphatic carbocycles. The second kappa shape index (κ2) is 7.36. The molecule has 2 aromatic rings. The Balaban J connectivity index is 1.66. The van der Waals surface area contributed by atoms with Gasteiger partial charge < -0.3 is 16.0 Å². The van der Waals surface area contributed by atoms with E-state index in [0.29, 0.717) is 0 Å². The number of piperidine rings is 1. The van der Waals surface area contributed by atoms with Crippen LogP contribution in [0.25, 0.3) is 10.2 Å². The number of nitrogens with zero attached hydrogens (tertiary/aromatic N) is 2. The number of hydrogen-bond donors (Lipinski definition) is 3. The van der Waals surface area contributed by atoms with Gasteiger partial charge in [-0.2, -0.15) is 0 Å². The smallest absolute Gasteiger partial charge is 0.239 e. The van der Waals surface area contributed by atoms with Crippen LogP contribution < -0.4 is 16.0 Å². The summed E-state index contributed by atoms with van der Waals surface area (Å²) in [6.45, 7) is 13.0. The van der Waals surface area contributed by atoms with Crippen LogP contribution in [0.1, 0.15) is 58.2 Å². The van der Waals surface area contributed by atoms with Crippen molar-refractivity contribution in [2.45, 2.75) is 77.9 Å². The average molecular weight is 390 g/mol. The van der Waals surface area contributed by atoms with E-state index in [1.807, 2.05) is 6.92 Å². The van der Waals surface area contributed by atoms with E-state index in [1.54, 1.807) is 11.3 Å². The molecule has 27 heavy (non-hydrogen) atoms. The van der Waals surface area contributed by atoms with Gasteiger partial charge >= 0.3 is 0 Å². The first-order valence-corrected chi connectivity index (χ1v) is 10.5. The van der Waals surface area contributed by atoms with E-state index in [0.717, 1.165) is 41.1 Å². The summed E-state index contributed by atoms with van der Waals surface area (Å²) in [6, 6.07) is 2.29. The van der Waals surface area contributed by atoms with Crippen molar-refractivity contribution in [2.75, 3.05) is 11.9 Å². The highest BCUT2D eigenvalue weighted by molar-refractivity contribution is 7.18. The van der Waals surface area contributed by atoms with E-state index in [-0.39, 0.29) is 29.6 Å². The highest BCUT2D eigenvalue weighted by Crippen LogP contribution is 2.30. The van der Waals surface area contributed by atoms with Gasteiger partial charge in [0.1, 0.15) is 16.5 Å². The van der Waals surface area contributed by atoms with Crippen LogP contribution in [0.4, 0.5) is 5.82 Å². The number of aryl methyl sites for hydroxylation is 2. The molecule has 0 aromatic carbocycles. The van der Waals surface area contributed by atoms with Gasteiger partial charge in [0.15, 0.2) is 0 Å². The standard InChI is InChI=1S/C20H31N5OS/c1-7-14-8-15-17(22-12(2)23-18(15)27-14)21-11-16(26)24-13-9-19(3,4)25-20(5,6)10-13/h8,13,25H,7,9-11H2,1-6H3,(H,24,26)(H,21,22,23). The molecule has 0 atom stereocenters. The molecular weight excluding hydrogens is 358 g/mol. The second-order valence-corrected chi connectivity index (χ2v) is 9.94. The maximum Gasteiger partial charge on any atom is 0.239 e. The average Bonchev–Trinajstić information content (AvgIpc) is 2.92.